The zero-order chi connectivity index (χ0) is 18.1. The van der Waals surface area contributed by atoms with Crippen molar-refractivity contribution in [2.45, 2.75) is 18.7 Å². The van der Waals surface area contributed by atoms with Crippen molar-refractivity contribution >= 4 is 21.4 Å². The van der Waals surface area contributed by atoms with Gasteiger partial charge in [0.2, 0.25) is 0 Å². The molecule has 0 spiro atoms. The van der Waals surface area contributed by atoms with E-state index in [1.54, 1.807) is 25.1 Å². The molecule has 0 aliphatic rings. The minimum Gasteiger partial charge on any atom is -0.495 e. The van der Waals surface area contributed by atoms with E-state index in [0.29, 0.717) is 17.0 Å². The summed E-state index contributed by atoms with van der Waals surface area (Å²) in [5.74, 6) is 0.397. The van der Waals surface area contributed by atoms with Crippen LogP contribution in [0.5, 0.6) is 5.75 Å². The van der Waals surface area contributed by atoms with Gasteiger partial charge >= 0.3 is 0 Å². The lowest BCUT2D eigenvalue weighted by Gasteiger charge is -2.22. The maximum Gasteiger partial charge on any atom is 0.273 e. The van der Waals surface area contributed by atoms with Crippen molar-refractivity contribution in [1.29, 1.82) is 0 Å². The van der Waals surface area contributed by atoms with E-state index in [0.717, 1.165) is 15.9 Å². The molecule has 0 radical (unpaired) electrons. The molecule has 24 heavy (non-hydrogen) atoms. The number of hydrogen-bond acceptors (Lipinski definition) is 5. The van der Waals surface area contributed by atoms with Gasteiger partial charge in [-0.3, -0.25) is 14.4 Å². The third kappa shape index (κ3) is 3.18. The third-order valence-electron chi connectivity index (χ3n) is 3.71. The molecule has 0 unspecified atom stereocenters. The van der Waals surface area contributed by atoms with E-state index in [-0.39, 0.29) is 10.6 Å². The number of methoxy groups -OCH3 is 1. The van der Waals surface area contributed by atoms with Gasteiger partial charge in [-0.2, -0.15) is 0 Å². The summed E-state index contributed by atoms with van der Waals surface area (Å²) in [5.41, 5.74) is 1.39. The Kier molecular flexibility index (Phi) is 4.79. The monoisotopic (exact) mass is 350 g/mol. The summed E-state index contributed by atoms with van der Waals surface area (Å²) in [6, 6.07) is 9.01. The van der Waals surface area contributed by atoms with Gasteiger partial charge < -0.3 is 4.74 Å². The zero-order valence-electron chi connectivity index (χ0n) is 13.8. The molecule has 0 bridgehead atoms. The predicted octanol–water partition coefficient (Wildman–Crippen LogP) is 3.05. The number of nitro benzene ring substituents is 1. The lowest BCUT2D eigenvalue weighted by atomic mass is 10.2. The molecule has 2 aromatic carbocycles. The number of sulfonamides is 1. The molecule has 0 amide bonds. The second kappa shape index (κ2) is 6.48. The molecule has 0 atom stereocenters. The highest BCUT2D eigenvalue weighted by molar-refractivity contribution is 7.92. The van der Waals surface area contributed by atoms with Crippen LogP contribution in [0.1, 0.15) is 11.1 Å². The van der Waals surface area contributed by atoms with Crippen LogP contribution in [0.2, 0.25) is 0 Å². The Morgan fingerprint density at radius 3 is 2.38 bits per heavy atom. The molecule has 0 saturated carbocycles. The Balaban J connectivity index is 2.57. The smallest absolute Gasteiger partial charge is 0.273 e. The van der Waals surface area contributed by atoms with Crippen molar-refractivity contribution < 1.29 is 18.1 Å². The molecular weight excluding hydrogens is 332 g/mol. The average Bonchev–Trinajstić information content (AvgIpc) is 2.53. The lowest BCUT2D eigenvalue weighted by molar-refractivity contribution is -0.385. The van der Waals surface area contributed by atoms with E-state index in [1.807, 2.05) is 6.92 Å². The summed E-state index contributed by atoms with van der Waals surface area (Å²) < 4.78 is 32.0. The molecule has 0 heterocycles. The van der Waals surface area contributed by atoms with Crippen molar-refractivity contribution in [2.75, 3.05) is 18.5 Å². The highest BCUT2D eigenvalue weighted by Gasteiger charge is 2.26. The Labute approximate surface area is 140 Å². The molecule has 0 aromatic heterocycles. The van der Waals surface area contributed by atoms with Crippen molar-refractivity contribution in [3.63, 3.8) is 0 Å². The van der Waals surface area contributed by atoms with Crippen LogP contribution in [0.15, 0.2) is 41.3 Å². The summed E-state index contributed by atoms with van der Waals surface area (Å²) in [5, 5.41) is 11.1. The highest BCUT2D eigenvalue weighted by Crippen LogP contribution is 2.33. The van der Waals surface area contributed by atoms with Gasteiger partial charge in [0, 0.05) is 18.7 Å². The van der Waals surface area contributed by atoms with Crippen molar-refractivity contribution in [2.24, 2.45) is 0 Å². The number of rotatable bonds is 5. The maximum atomic E-state index is 12.8. The van der Waals surface area contributed by atoms with E-state index >= 15 is 0 Å². The quantitative estimate of drug-likeness (QED) is 0.611. The van der Waals surface area contributed by atoms with E-state index in [9.17, 15) is 18.5 Å². The first-order valence-electron chi connectivity index (χ1n) is 7.07. The molecule has 0 fully saturated rings. The molecule has 2 rings (SSSR count). The van der Waals surface area contributed by atoms with Crippen molar-refractivity contribution in [3.8, 4) is 5.75 Å². The molecule has 128 valence electrons. The normalized spacial score (nSPS) is 11.2. The number of aryl methyl sites for hydroxylation is 2. The van der Waals surface area contributed by atoms with Crippen LogP contribution < -0.4 is 9.04 Å². The van der Waals surface area contributed by atoms with Gasteiger partial charge in [-0.25, -0.2) is 8.42 Å². The molecule has 0 saturated heterocycles. The minimum absolute atomic E-state index is 0.147. The minimum atomic E-state index is -3.97. The zero-order valence-corrected chi connectivity index (χ0v) is 14.6. The van der Waals surface area contributed by atoms with E-state index in [1.165, 1.54) is 26.3 Å². The van der Waals surface area contributed by atoms with Crippen molar-refractivity contribution in [3.05, 3.63) is 57.6 Å². The van der Waals surface area contributed by atoms with Crippen LogP contribution in [0.25, 0.3) is 0 Å². The van der Waals surface area contributed by atoms with Crippen LogP contribution in [0.3, 0.4) is 0 Å². The Hall–Kier alpha value is -2.61. The van der Waals surface area contributed by atoms with Crippen LogP contribution >= 0.6 is 0 Å². The lowest BCUT2D eigenvalue weighted by Crippen LogP contribution is -2.27. The fraction of sp³-hybridized carbons (Fsp3) is 0.250. The largest absolute Gasteiger partial charge is 0.495 e. The molecule has 0 aliphatic heterocycles. The van der Waals surface area contributed by atoms with Gasteiger partial charge in [-0.05, 0) is 37.6 Å². The van der Waals surface area contributed by atoms with Crippen LogP contribution in [-0.4, -0.2) is 27.5 Å². The second-order valence-electron chi connectivity index (χ2n) is 5.35. The first-order chi connectivity index (χ1) is 11.2. The van der Waals surface area contributed by atoms with Gasteiger partial charge in [-0.1, -0.05) is 12.1 Å². The fourth-order valence-electron chi connectivity index (χ4n) is 2.28. The van der Waals surface area contributed by atoms with E-state index < -0.39 is 14.9 Å². The van der Waals surface area contributed by atoms with Gasteiger partial charge in [0.05, 0.1) is 22.6 Å². The van der Waals surface area contributed by atoms with Crippen LogP contribution in [0, 0.1) is 24.0 Å². The summed E-state index contributed by atoms with van der Waals surface area (Å²) in [6.45, 7) is 3.39. The van der Waals surface area contributed by atoms with E-state index in [2.05, 4.69) is 0 Å². The van der Waals surface area contributed by atoms with Crippen LogP contribution in [0.4, 0.5) is 11.4 Å². The number of ether oxygens (including phenoxy) is 1. The first kappa shape index (κ1) is 17.7. The Bertz CT molecular complexity index is 893. The summed E-state index contributed by atoms with van der Waals surface area (Å²) >= 11 is 0. The molecule has 8 heteroatoms. The summed E-state index contributed by atoms with van der Waals surface area (Å²) in [6.07, 6.45) is 0. The Morgan fingerprint density at radius 2 is 1.79 bits per heavy atom. The first-order valence-corrected chi connectivity index (χ1v) is 8.51. The SMILES string of the molecule is COc1ccc(C)cc1N(C)S(=O)(=O)c1ccc(C)c([N+](=O)[O-])c1. The third-order valence-corrected chi connectivity index (χ3v) is 5.48. The molecule has 7 nitrogen and oxygen atoms in total. The van der Waals surface area contributed by atoms with E-state index in [4.69, 9.17) is 4.74 Å². The number of nitro groups is 1. The van der Waals surface area contributed by atoms with Gasteiger partial charge in [0.1, 0.15) is 5.75 Å². The number of benzene rings is 2. The number of hydrogen-bond donors (Lipinski definition) is 0. The van der Waals surface area contributed by atoms with Gasteiger partial charge in [0.25, 0.3) is 15.7 Å². The molecule has 0 N–H and O–H groups in total. The number of anilines is 1. The second-order valence-corrected chi connectivity index (χ2v) is 7.32. The molecular formula is C16H18N2O5S. The highest BCUT2D eigenvalue weighted by atomic mass is 32.2. The standard InChI is InChI=1S/C16H18N2O5S/c1-11-5-8-16(23-4)15(9-11)17(3)24(21,22)13-7-6-12(2)14(10-13)18(19)20/h5-10H,1-4H3. The van der Waals surface area contributed by atoms with Crippen LogP contribution in [-0.2, 0) is 10.0 Å². The topological polar surface area (TPSA) is 89.8 Å². The summed E-state index contributed by atoms with van der Waals surface area (Å²) in [4.78, 5) is 10.3. The van der Waals surface area contributed by atoms with Crippen molar-refractivity contribution in [1.82, 2.24) is 0 Å². The Morgan fingerprint density at radius 1 is 1.12 bits per heavy atom. The predicted molar refractivity (Wildman–Crippen MR) is 91.2 cm³/mol. The average molecular weight is 350 g/mol. The fourth-order valence-corrected chi connectivity index (χ4v) is 3.50. The number of nitrogens with zero attached hydrogens (tertiary/aromatic N) is 2. The maximum absolute atomic E-state index is 12.8. The molecule has 2 aromatic rings. The van der Waals surface area contributed by atoms with Gasteiger partial charge in [0.15, 0.2) is 0 Å². The summed E-state index contributed by atoms with van der Waals surface area (Å²) in [7, 11) is -1.13. The van der Waals surface area contributed by atoms with Gasteiger partial charge in [-0.15, -0.1) is 0 Å². The molecule has 0 aliphatic carbocycles.